The molecule has 3 rings (SSSR count). The monoisotopic (exact) mass is 346 g/mol. The second kappa shape index (κ2) is 7.46. The minimum atomic E-state index is -0.336. The van der Waals surface area contributed by atoms with Gasteiger partial charge in [0.2, 0.25) is 0 Å². The molecule has 0 spiro atoms. The Labute approximate surface area is 151 Å². The highest BCUT2D eigenvalue weighted by atomic mass is 16.5. The summed E-state index contributed by atoms with van der Waals surface area (Å²) in [5, 5.41) is 0. The van der Waals surface area contributed by atoms with Crippen molar-refractivity contribution in [3.63, 3.8) is 0 Å². The number of methoxy groups -OCH3 is 1. The Balaban J connectivity index is 1.67. The van der Waals surface area contributed by atoms with Crippen molar-refractivity contribution < 1.29 is 18.8 Å². The number of fused-ring (bicyclic) bond motifs is 2. The van der Waals surface area contributed by atoms with Crippen LogP contribution in [0.1, 0.15) is 51.0 Å². The van der Waals surface area contributed by atoms with Gasteiger partial charge in [-0.2, -0.15) is 0 Å². The van der Waals surface area contributed by atoms with Crippen molar-refractivity contribution in [2.45, 2.75) is 69.7 Å². The average Bonchev–Trinajstić information content (AvgIpc) is 2.78. The van der Waals surface area contributed by atoms with E-state index in [1.165, 1.54) is 12.8 Å². The third-order valence-electron chi connectivity index (χ3n) is 6.69. The maximum atomic E-state index is 12.8. The molecule has 2 saturated heterocycles. The molecule has 25 heavy (non-hydrogen) atoms. The molecule has 2 aliphatic heterocycles. The van der Waals surface area contributed by atoms with Gasteiger partial charge in [0.1, 0.15) is 12.0 Å². The zero-order valence-corrected chi connectivity index (χ0v) is 16.0. The first-order valence-electron chi connectivity index (χ1n) is 9.56. The van der Waals surface area contributed by atoms with Crippen molar-refractivity contribution in [1.29, 1.82) is 0 Å². The highest BCUT2D eigenvalue weighted by Gasteiger charge is 2.53. The molecule has 0 aromatic heterocycles. The predicted octanol–water partition coefficient (Wildman–Crippen LogP) is 3.51. The molecule has 1 aromatic carbocycles. The van der Waals surface area contributed by atoms with Crippen LogP contribution in [0, 0.1) is 0 Å². The Morgan fingerprint density at radius 1 is 1.16 bits per heavy atom. The van der Waals surface area contributed by atoms with Gasteiger partial charge in [-0.3, -0.25) is 4.79 Å². The van der Waals surface area contributed by atoms with E-state index < -0.39 is 0 Å². The third kappa shape index (κ3) is 3.47. The second-order valence-corrected chi connectivity index (χ2v) is 8.15. The van der Waals surface area contributed by atoms with E-state index in [4.69, 9.17) is 9.47 Å². The summed E-state index contributed by atoms with van der Waals surface area (Å²) in [7, 11) is 4.03. The number of hydrogen-bond donors (Lipinski definition) is 0. The van der Waals surface area contributed by atoms with Crippen LogP contribution in [0.4, 0.5) is 0 Å². The number of piperidine rings is 1. The number of nitrogens with zero attached hydrogens (tertiary/aromatic N) is 1. The molecule has 4 heteroatoms. The van der Waals surface area contributed by atoms with Gasteiger partial charge in [0.05, 0.1) is 31.8 Å². The van der Waals surface area contributed by atoms with E-state index in [1.807, 2.05) is 30.3 Å². The summed E-state index contributed by atoms with van der Waals surface area (Å²) in [5.74, 6) is -0.477. The van der Waals surface area contributed by atoms with Gasteiger partial charge >= 0.3 is 5.97 Å². The van der Waals surface area contributed by atoms with E-state index in [1.54, 1.807) is 7.11 Å². The van der Waals surface area contributed by atoms with E-state index in [-0.39, 0.29) is 18.0 Å². The molecule has 0 saturated carbocycles. The standard InChI is InChI=1S/C21H32NO3/c1-15(2)22(3)17-10-11-18(22)13-19(12-17)25-21(23)20(14-24-4)16-8-6-5-7-9-16/h5-9,15,17-20H,10-14H2,1-4H3/q+1. The van der Waals surface area contributed by atoms with Gasteiger partial charge in [-0.15, -0.1) is 0 Å². The molecule has 3 unspecified atom stereocenters. The summed E-state index contributed by atoms with van der Waals surface area (Å²) >= 11 is 0. The van der Waals surface area contributed by atoms with Gasteiger partial charge in [-0.05, 0) is 19.4 Å². The van der Waals surface area contributed by atoms with Crippen LogP contribution < -0.4 is 0 Å². The Bertz CT molecular complexity index is 572. The lowest BCUT2D eigenvalue weighted by Crippen LogP contribution is -2.62. The maximum Gasteiger partial charge on any atom is 0.316 e. The van der Waals surface area contributed by atoms with Crippen molar-refractivity contribution in [2.75, 3.05) is 20.8 Å². The Kier molecular flexibility index (Phi) is 5.49. The normalized spacial score (nSPS) is 32.6. The zero-order valence-electron chi connectivity index (χ0n) is 16.0. The number of quaternary nitrogens is 1. The molecule has 4 nitrogen and oxygen atoms in total. The molecule has 0 aliphatic carbocycles. The van der Waals surface area contributed by atoms with Crippen molar-refractivity contribution in [3.8, 4) is 0 Å². The SMILES string of the molecule is COCC(C(=O)OC1CC2CCC(C1)[N+]2(C)C(C)C)c1ccccc1. The smallest absolute Gasteiger partial charge is 0.316 e. The van der Waals surface area contributed by atoms with Crippen LogP contribution in [0.3, 0.4) is 0 Å². The Morgan fingerprint density at radius 2 is 1.76 bits per heavy atom. The lowest BCUT2D eigenvalue weighted by Gasteiger charge is -2.49. The quantitative estimate of drug-likeness (QED) is 0.584. The third-order valence-corrected chi connectivity index (χ3v) is 6.69. The summed E-state index contributed by atoms with van der Waals surface area (Å²) in [6.45, 7) is 5.01. The van der Waals surface area contributed by atoms with Crippen LogP contribution in [-0.2, 0) is 14.3 Å². The molecular formula is C21H32NO3+. The van der Waals surface area contributed by atoms with E-state index in [0.29, 0.717) is 24.7 Å². The second-order valence-electron chi connectivity index (χ2n) is 8.15. The maximum absolute atomic E-state index is 12.8. The first kappa shape index (κ1) is 18.4. The summed E-state index contributed by atoms with van der Waals surface area (Å²) in [6, 6.07) is 11.7. The van der Waals surface area contributed by atoms with Crippen LogP contribution in [0.25, 0.3) is 0 Å². The summed E-state index contributed by atoms with van der Waals surface area (Å²) in [4.78, 5) is 12.8. The van der Waals surface area contributed by atoms with Gasteiger partial charge in [-0.25, -0.2) is 0 Å². The predicted molar refractivity (Wildman–Crippen MR) is 98.3 cm³/mol. The molecule has 2 heterocycles. The molecule has 0 amide bonds. The van der Waals surface area contributed by atoms with Crippen LogP contribution in [0.5, 0.6) is 0 Å². The molecule has 0 N–H and O–H groups in total. The lowest BCUT2D eigenvalue weighted by molar-refractivity contribution is -0.968. The molecule has 2 fully saturated rings. The van der Waals surface area contributed by atoms with Crippen LogP contribution in [0.2, 0.25) is 0 Å². The van der Waals surface area contributed by atoms with Crippen LogP contribution in [0.15, 0.2) is 30.3 Å². The van der Waals surface area contributed by atoms with Crippen LogP contribution in [-0.4, -0.2) is 55.4 Å². The van der Waals surface area contributed by atoms with Gasteiger partial charge in [0.15, 0.2) is 0 Å². The number of rotatable bonds is 6. The Hall–Kier alpha value is -1.39. The zero-order chi connectivity index (χ0) is 18.0. The van der Waals surface area contributed by atoms with Crippen molar-refractivity contribution in [2.24, 2.45) is 0 Å². The van der Waals surface area contributed by atoms with Crippen molar-refractivity contribution >= 4 is 5.97 Å². The molecule has 3 atom stereocenters. The lowest BCUT2D eigenvalue weighted by atomic mass is 9.94. The number of carbonyl (C=O) groups is 1. The minimum absolute atomic E-state index is 0.0537. The van der Waals surface area contributed by atoms with Gasteiger partial charge < -0.3 is 14.0 Å². The van der Waals surface area contributed by atoms with E-state index >= 15 is 0 Å². The number of esters is 1. The fraction of sp³-hybridized carbons (Fsp3) is 0.667. The summed E-state index contributed by atoms with van der Waals surface area (Å²) in [6.07, 6.45) is 4.55. The van der Waals surface area contributed by atoms with Gasteiger partial charge in [-0.1, -0.05) is 30.3 Å². The number of hydrogen-bond acceptors (Lipinski definition) is 3. The summed E-state index contributed by atoms with van der Waals surface area (Å²) < 4.78 is 12.4. The molecule has 138 valence electrons. The first-order chi connectivity index (χ1) is 12.0. The molecule has 2 aliphatic rings. The highest BCUT2D eigenvalue weighted by molar-refractivity contribution is 5.78. The summed E-state index contributed by atoms with van der Waals surface area (Å²) in [5.41, 5.74) is 0.968. The molecule has 2 bridgehead atoms. The van der Waals surface area contributed by atoms with Crippen LogP contribution >= 0.6 is 0 Å². The van der Waals surface area contributed by atoms with E-state index in [2.05, 4.69) is 20.9 Å². The number of benzene rings is 1. The number of carbonyl (C=O) groups excluding carboxylic acids is 1. The first-order valence-corrected chi connectivity index (χ1v) is 9.56. The number of ether oxygens (including phenoxy) is 2. The van der Waals surface area contributed by atoms with E-state index in [9.17, 15) is 4.79 Å². The van der Waals surface area contributed by atoms with Crippen molar-refractivity contribution in [1.82, 2.24) is 0 Å². The highest BCUT2D eigenvalue weighted by Crippen LogP contribution is 2.44. The van der Waals surface area contributed by atoms with Gasteiger partial charge in [0, 0.05) is 32.8 Å². The molecular weight excluding hydrogens is 314 g/mol. The molecule has 0 radical (unpaired) electrons. The molecule has 1 aromatic rings. The fourth-order valence-electron chi connectivity index (χ4n) is 4.97. The van der Waals surface area contributed by atoms with E-state index in [0.717, 1.165) is 22.9 Å². The Morgan fingerprint density at radius 3 is 2.28 bits per heavy atom. The topological polar surface area (TPSA) is 35.5 Å². The van der Waals surface area contributed by atoms with Crippen molar-refractivity contribution in [3.05, 3.63) is 35.9 Å². The fourth-order valence-corrected chi connectivity index (χ4v) is 4.97. The largest absolute Gasteiger partial charge is 0.461 e. The average molecular weight is 346 g/mol. The van der Waals surface area contributed by atoms with Gasteiger partial charge in [0.25, 0.3) is 0 Å². The minimum Gasteiger partial charge on any atom is -0.461 e.